The van der Waals surface area contributed by atoms with Crippen LogP contribution in [0, 0.1) is 33.6 Å². The Bertz CT molecular complexity index is 855. The van der Waals surface area contributed by atoms with E-state index in [1.807, 2.05) is 27.7 Å². The second-order valence-electron chi connectivity index (χ2n) is 7.79. The Morgan fingerprint density at radius 2 is 1.74 bits per heavy atom. The monoisotopic (exact) mass is 406 g/mol. The highest BCUT2D eigenvalue weighted by atomic mass is 32.2. The molecule has 0 radical (unpaired) electrons. The van der Waals surface area contributed by atoms with Gasteiger partial charge in [0, 0.05) is 13.1 Å². The summed E-state index contributed by atoms with van der Waals surface area (Å²) in [6, 6.07) is 4.24. The summed E-state index contributed by atoms with van der Waals surface area (Å²) in [4.78, 5) is 2.93. The number of benzene rings is 1. The second kappa shape index (κ2) is 8.43. The molecule has 0 saturated carbocycles. The van der Waals surface area contributed by atoms with E-state index in [2.05, 4.69) is 32.5 Å². The van der Waals surface area contributed by atoms with Gasteiger partial charge in [-0.2, -0.15) is 11.3 Å². The number of hydrogen-bond acceptors (Lipinski definition) is 4. The van der Waals surface area contributed by atoms with Gasteiger partial charge in [-0.3, -0.25) is 4.90 Å². The molecular weight excluding hydrogens is 376 g/mol. The summed E-state index contributed by atoms with van der Waals surface area (Å²) in [5.41, 5.74) is 5.15. The van der Waals surface area contributed by atoms with Crippen molar-refractivity contribution in [1.29, 1.82) is 0 Å². The average molecular weight is 407 g/mol. The highest BCUT2D eigenvalue weighted by molar-refractivity contribution is 7.89. The molecule has 3 rings (SSSR count). The van der Waals surface area contributed by atoms with Crippen LogP contribution < -0.4 is 4.72 Å². The van der Waals surface area contributed by atoms with Gasteiger partial charge in [0.15, 0.2) is 0 Å². The number of aryl methyl sites for hydroxylation is 2. The number of rotatable bonds is 6. The summed E-state index contributed by atoms with van der Waals surface area (Å²) in [5.74, 6) is 0.407. The van der Waals surface area contributed by atoms with E-state index in [-0.39, 0.29) is 0 Å². The van der Waals surface area contributed by atoms with Crippen molar-refractivity contribution in [3.63, 3.8) is 0 Å². The van der Waals surface area contributed by atoms with Crippen LogP contribution in [0.2, 0.25) is 0 Å². The third-order valence-electron chi connectivity index (χ3n) is 5.82. The zero-order valence-corrected chi connectivity index (χ0v) is 18.3. The van der Waals surface area contributed by atoms with Gasteiger partial charge in [0.1, 0.15) is 0 Å². The lowest BCUT2D eigenvalue weighted by atomic mass is 9.97. The van der Waals surface area contributed by atoms with E-state index in [4.69, 9.17) is 0 Å². The van der Waals surface area contributed by atoms with Crippen LogP contribution in [0.1, 0.15) is 40.7 Å². The number of hydrogen-bond donors (Lipinski definition) is 1. The standard InChI is InChI=1S/C21H30N2O2S2/c1-15-11-16(2)18(4)21(17(15)3)27(24,25)22-12-19-5-8-23(9-6-19)13-20-7-10-26-14-20/h7,10-11,14,19,22H,5-6,8-9,12-13H2,1-4H3. The van der Waals surface area contributed by atoms with Crippen LogP contribution in [0.3, 0.4) is 0 Å². The largest absolute Gasteiger partial charge is 0.299 e. The molecule has 2 heterocycles. The summed E-state index contributed by atoms with van der Waals surface area (Å²) in [6.07, 6.45) is 2.08. The first-order valence-corrected chi connectivity index (χ1v) is 12.0. The number of nitrogens with zero attached hydrogens (tertiary/aromatic N) is 1. The van der Waals surface area contributed by atoms with E-state index in [9.17, 15) is 8.42 Å². The fourth-order valence-electron chi connectivity index (χ4n) is 3.87. The molecule has 0 unspecified atom stereocenters. The molecule has 1 fully saturated rings. The van der Waals surface area contributed by atoms with Gasteiger partial charge < -0.3 is 0 Å². The van der Waals surface area contributed by atoms with Gasteiger partial charge in [-0.25, -0.2) is 13.1 Å². The normalized spacial score (nSPS) is 16.7. The van der Waals surface area contributed by atoms with Crippen LogP contribution >= 0.6 is 11.3 Å². The lowest BCUT2D eigenvalue weighted by Crippen LogP contribution is -2.38. The van der Waals surface area contributed by atoms with Gasteiger partial charge in [-0.15, -0.1) is 0 Å². The Labute approximate surface area is 167 Å². The Kier molecular flexibility index (Phi) is 6.41. The fraction of sp³-hybridized carbons (Fsp3) is 0.524. The summed E-state index contributed by atoms with van der Waals surface area (Å²) >= 11 is 1.74. The molecule has 1 aromatic heterocycles. The summed E-state index contributed by atoms with van der Waals surface area (Å²) < 4.78 is 28.8. The maximum absolute atomic E-state index is 13.0. The first kappa shape index (κ1) is 20.5. The van der Waals surface area contributed by atoms with Gasteiger partial charge in [-0.05, 0) is 104 Å². The Morgan fingerprint density at radius 1 is 1.11 bits per heavy atom. The number of likely N-dealkylation sites (tertiary alicyclic amines) is 1. The molecule has 0 bridgehead atoms. The molecule has 1 aromatic carbocycles. The van der Waals surface area contributed by atoms with Crippen molar-refractivity contribution >= 4 is 21.4 Å². The molecule has 0 atom stereocenters. The SMILES string of the molecule is Cc1cc(C)c(C)c(S(=O)(=O)NCC2CCN(Cc3ccsc3)CC2)c1C. The molecular formula is C21H30N2O2S2. The van der Waals surface area contributed by atoms with Crippen LogP contribution in [0.25, 0.3) is 0 Å². The lowest BCUT2D eigenvalue weighted by molar-refractivity contribution is 0.179. The minimum Gasteiger partial charge on any atom is -0.299 e. The van der Waals surface area contributed by atoms with E-state index in [1.165, 1.54) is 5.56 Å². The molecule has 4 nitrogen and oxygen atoms in total. The van der Waals surface area contributed by atoms with Crippen molar-refractivity contribution in [2.24, 2.45) is 5.92 Å². The molecule has 2 aromatic rings. The third kappa shape index (κ3) is 4.80. The maximum atomic E-state index is 13.0. The first-order valence-electron chi connectivity index (χ1n) is 9.58. The topological polar surface area (TPSA) is 49.4 Å². The smallest absolute Gasteiger partial charge is 0.241 e. The van der Waals surface area contributed by atoms with E-state index < -0.39 is 10.0 Å². The Hall–Kier alpha value is -1.21. The highest BCUT2D eigenvalue weighted by Gasteiger charge is 2.25. The van der Waals surface area contributed by atoms with Gasteiger partial charge >= 0.3 is 0 Å². The van der Waals surface area contributed by atoms with E-state index in [0.717, 1.165) is 54.7 Å². The fourth-order valence-corrected chi connectivity index (χ4v) is 6.26. The molecule has 1 N–H and O–H groups in total. The van der Waals surface area contributed by atoms with Crippen LogP contribution in [-0.2, 0) is 16.6 Å². The molecule has 6 heteroatoms. The minimum absolute atomic E-state index is 0.407. The molecule has 0 aliphatic carbocycles. The minimum atomic E-state index is -3.48. The molecule has 27 heavy (non-hydrogen) atoms. The van der Waals surface area contributed by atoms with Crippen molar-refractivity contribution in [2.75, 3.05) is 19.6 Å². The molecule has 1 aliphatic rings. The molecule has 148 valence electrons. The molecule has 1 aliphatic heterocycles. The summed E-state index contributed by atoms with van der Waals surface area (Å²) in [6.45, 7) is 11.4. The van der Waals surface area contributed by atoms with Gasteiger partial charge in [0.05, 0.1) is 4.90 Å². The second-order valence-corrected chi connectivity index (χ2v) is 10.3. The number of thiophene rings is 1. The van der Waals surface area contributed by atoms with Crippen molar-refractivity contribution in [3.8, 4) is 0 Å². The predicted octanol–water partition coefficient (Wildman–Crippen LogP) is 4.17. The van der Waals surface area contributed by atoms with E-state index in [1.54, 1.807) is 11.3 Å². The predicted molar refractivity (Wildman–Crippen MR) is 113 cm³/mol. The molecule has 0 spiro atoms. The molecule has 1 saturated heterocycles. The van der Waals surface area contributed by atoms with Crippen molar-refractivity contribution in [3.05, 3.63) is 50.7 Å². The lowest BCUT2D eigenvalue weighted by Gasteiger charge is -2.31. The van der Waals surface area contributed by atoms with Crippen LogP contribution in [0.4, 0.5) is 0 Å². The maximum Gasteiger partial charge on any atom is 0.241 e. The van der Waals surface area contributed by atoms with Crippen molar-refractivity contribution < 1.29 is 8.42 Å². The quantitative estimate of drug-likeness (QED) is 0.783. The summed E-state index contributed by atoms with van der Waals surface area (Å²) in [7, 11) is -3.48. The van der Waals surface area contributed by atoms with Crippen LogP contribution in [0.15, 0.2) is 27.8 Å². The van der Waals surface area contributed by atoms with Gasteiger partial charge in [0.2, 0.25) is 10.0 Å². The van der Waals surface area contributed by atoms with Gasteiger partial charge in [0.25, 0.3) is 0 Å². The number of nitrogens with one attached hydrogen (secondary N) is 1. The van der Waals surface area contributed by atoms with Crippen LogP contribution in [0.5, 0.6) is 0 Å². The third-order valence-corrected chi connectivity index (χ3v) is 8.25. The zero-order valence-electron chi connectivity index (χ0n) is 16.7. The highest BCUT2D eigenvalue weighted by Crippen LogP contribution is 2.26. The van der Waals surface area contributed by atoms with Crippen molar-refractivity contribution in [1.82, 2.24) is 9.62 Å². The Balaban J connectivity index is 1.59. The van der Waals surface area contributed by atoms with Crippen molar-refractivity contribution in [2.45, 2.75) is 52.0 Å². The zero-order chi connectivity index (χ0) is 19.6. The average Bonchev–Trinajstić information content (AvgIpc) is 3.12. The molecule has 0 amide bonds. The summed E-state index contributed by atoms with van der Waals surface area (Å²) in [5, 5.41) is 4.32. The first-order chi connectivity index (χ1) is 12.8. The number of sulfonamides is 1. The van der Waals surface area contributed by atoms with Gasteiger partial charge in [-0.1, -0.05) is 6.07 Å². The Morgan fingerprint density at radius 3 is 2.30 bits per heavy atom. The van der Waals surface area contributed by atoms with E-state index in [0.29, 0.717) is 17.4 Å². The van der Waals surface area contributed by atoms with E-state index >= 15 is 0 Å². The number of piperidine rings is 1. The van der Waals surface area contributed by atoms with Crippen LogP contribution in [-0.4, -0.2) is 33.0 Å².